The van der Waals surface area contributed by atoms with Gasteiger partial charge in [0.25, 0.3) is 0 Å². The van der Waals surface area contributed by atoms with Crippen LogP contribution in [0.5, 0.6) is 0 Å². The Balaban J connectivity index is 2.30. The number of aromatic amines is 1. The van der Waals surface area contributed by atoms with Crippen molar-refractivity contribution in [3.05, 3.63) is 41.1 Å². The Hall–Kier alpha value is -1.74. The third-order valence-electron chi connectivity index (χ3n) is 2.36. The van der Waals surface area contributed by atoms with Gasteiger partial charge in [0.05, 0.1) is 6.61 Å². The molecule has 88 valence electrons. The normalized spacial score (nSPS) is 11.2. The third kappa shape index (κ3) is 2.68. The van der Waals surface area contributed by atoms with Crippen LogP contribution >= 0.6 is 11.6 Å². The first-order chi connectivity index (χ1) is 8.20. The zero-order chi connectivity index (χ0) is 12.3. The van der Waals surface area contributed by atoms with Crippen LogP contribution in [0.15, 0.2) is 30.5 Å². The van der Waals surface area contributed by atoms with Gasteiger partial charge >= 0.3 is 5.97 Å². The standard InChI is InChI=1S/C13H12ClNO2/c1-2-17-13(16)6-3-9-8-15-12-5-4-10(14)7-11(9)12/h3-8,15H,2H2,1H3. The number of fused-ring (bicyclic) bond motifs is 1. The highest BCUT2D eigenvalue weighted by Crippen LogP contribution is 2.23. The molecule has 0 unspecified atom stereocenters. The van der Waals surface area contributed by atoms with Gasteiger partial charge in [-0.1, -0.05) is 11.6 Å². The minimum absolute atomic E-state index is 0.344. The largest absolute Gasteiger partial charge is 0.463 e. The van der Waals surface area contributed by atoms with Crippen LogP contribution in [-0.2, 0) is 9.53 Å². The van der Waals surface area contributed by atoms with Crippen LogP contribution in [0.25, 0.3) is 17.0 Å². The van der Waals surface area contributed by atoms with Crippen LogP contribution in [0.4, 0.5) is 0 Å². The molecule has 0 bridgehead atoms. The number of nitrogens with one attached hydrogen (secondary N) is 1. The topological polar surface area (TPSA) is 42.1 Å². The first kappa shape index (κ1) is 11.7. The van der Waals surface area contributed by atoms with Crippen molar-refractivity contribution < 1.29 is 9.53 Å². The monoisotopic (exact) mass is 249 g/mol. The minimum Gasteiger partial charge on any atom is -0.463 e. The number of esters is 1. The maximum absolute atomic E-state index is 11.2. The Bertz CT molecular complexity index is 572. The van der Waals surface area contributed by atoms with E-state index >= 15 is 0 Å². The molecule has 1 heterocycles. The Morgan fingerprint density at radius 1 is 1.53 bits per heavy atom. The van der Waals surface area contributed by atoms with Gasteiger partial charge in [0.2, 0.25) is 0 Å². The summed E-state index contributed by atoms with van der Waals surface area (Å²) < 4.78 is 4.81. The van der Waals surface area contributed by atoms with Crippen LogP contribution in [0, 0.1) is 0 Å². The summed E-state index contributed by atoms with van der Waals surface area (Å²) in [5, 5.41) is 1.65. The van der Waals surface area contributed by atoms with Crippen LogP contribution in [0.1, 0.15) is 12.5 Å². The summed E-state index contributed by atoms with van der Waals surface area (Å²) in [6, 6.07) is 5.58. The van der Waals surface area contributed by atoms with Gasteiger partial charge in [0.15, 0.2) is 0 Å². The first-order valence-corrected chi connectivity index (χ1v) is 5.70. The molecule has 3 nitrogen and oxygen atoms in total. The number of ether oxygens (including phenoxy) is 1. The summed E-state index contributed by atoms with van der Waals surface area (Å²) >= 11 is 5.93. The van der Waals surface area contributed by atoms with Crippen molar-refractivity contribution in [2.24, 2.45) is 0 Å². The van der Waals surface area contributed by atoms with E-state index in [0.717, 1.165) is 16.5 Å². The van der Waals surface area contributed by atoms with E-state index in [1.807, 2.05) is 24.4 Å². The predicted molar refractivity (Wildman–Crippen MR) is 69.0 cm³/mol. The van der Waals surface area contributed by atoms with E-state index in [9.17, 15) is 4.79 Å². The zero-order valence-electron chi connectivity index (χ0n) is 9.37. The van der Waals surface area contributed by atoms with E-state index in [0.29, 0.717) is 11.6 Å². The Morgan fingerprint density at radius 2 is 2.35 bits per heavy atom. The molecule has 0 saturated heterocycles. The van der Waals surface area contributed by atoms with E-state index < -0.39 is 0 Å². The maximum Gasteiger partial charge on any atom is 0.330 e. The van der Waals surface area contributed by atoms with E-state index in [-0.39, 0.29) is 5.97 Å². The molecule has 0 atom stereocenters. The molecule has 2 rings (SSSR count). The van der Waals surface area contributed by atoms with Crippen molar-refractivity contribution in [3.63, 3.8) is 0 Å². The lowest BCUT2D eigenvalue weighted by atomic mass is 10.1. The lowest BCUT2D eigenvalue weighted by Gasteiger charge is -1.95. The maximum atomic E-state index is 11.2. The van der Waals surface area contributed by atoms with Crippen LogP contribution in [-0.4, -0.2) is 17.6 Å². The molecule has 1 aromatic carbocycles. The quantitative estimate of drug-likeness (QED) is 0.669. The minimum atomic E-state index is -0.344. The lowest BCUT2D eigenvalue weighted by molar-refractivity contribution is -0.137. The number of hydrogen-bond acceptors (Lipinski definition) is 2. The van der Waals surface area contributed by atoms with Crippen molar-refractivity contribution in [1.82, 2.24) is 4.98 Å². The van der Waals surface area contributed by atoms with E-state index in [1.54, 1.807) is 13.0 Å². The van der Waals surface area contributed by atoms with E-state index in [4.69, 9.17) is 16.3 Å². The number of aromatic nitrogens is 1. The third-order valence-corrected chi connectivity index (χ3v) is 2.60. The summed E-state index contributed by atoms with van der Waals surface area (Å²) in [5.74, 6) is -0.344. The summed E-state index contributed by atoms with van der Waals surface area (Å²) in [4.78, 5) is 14.3. The second-order valence-electron chi connectivity index (χ2n) is 3.52. The number of carbonyl (C=O) groups excluding carboxylic acids is 1. The molecule has 0 amide bonds. The fourth-order valence-electron chi connectivity index (χ4n) is 1.60. The summed E-state index contributed by atoms with van der Waals surface area (Å²) in [6.07, 6.45) is 4.96. The van der Waals surface area contributed by atoms with Crippen molar-refractivity contribution in [1.29, 1.82) is 0 Å². The van der Waals surface area contributed by atoms with Gasteiger partial charge in [-0.25, -0.2) is 4.79 Å². The van der Waals surface area contributed by atoms with Crippen molar-refractivity contribution in [2.75, 3.05) is 6.61 Å². The van der Waals surface area contributed by atoms with Crippen LogP contribution in [0.2, 0.25) is 5.02 Å². The number of halogens is 1. The van der Waals surface area contributed by atoms with Gasteiger partial charge in [-0.3, -0.25) is 0 Å². The Kier molecular flexibility index (Phi) is 3.49. The summed E-state index contributed by atoms with van der Waals surface area (Å²) in [5.41, 5.74) is 1.90. The molecule has 0 radical (unpaired) electrons. The van der Waals surface area contributed by atoms with Crippen LogP contribution < -0.4 is 0 Å². The second kappa shape index (κ2) is 5.06. The Labute approximate surface area is 104 Å². The van der Waals surface area contributed by atoms with Crippen molar-refractivity contribution >= 4 is 34.5 Å². The van der Waals surface area contributed by atoms with Crippen molar-refractivity contribution in [3.8, 4) is 0 Å². The molecular weight excluding hydrogens is 238 g/mol. The molecule has 0 saturated carbocycles. The highest BCUT2D eigenvalue weighted by atomic mass is 35.5. The molecule has 4 heteroatoms. The molecule has 0 spiro atoms. The SMILES string of the molecule is CCOC(=O)C=Cc1c[nH]c2ccc(Cl)cc12. The summed E-state index contributed by atoms with van der Waals surface area (Å²) in [7, 11) is 0. The first-order valence-electron chi connectivity index (χ1n) is 5.32. The second-order valence-corrected chi connectivity index (χ2v) is 3.96. The molecule has 0 aliphatic carbocycles. The van der Waals surface area contributed by atoms with E-state index in [1.165, 1.54) is 6.08 Å². The number of hydrogen-bond donors (Lipinski definition) is 1. The Morgan fingerprint density at radius 3 is 3.12 bits per heavy atom. The number of H-pyrrole nitrogens is 1. The molecule has 0 fully saturated rings. The molecule has 2 aromatic rings. The van der Waals surface area contributed by atoms with Crippen LogP contribution in [0.3, 0.4) is 0 Å². The van der Waals surface area contributed by atoms with Crippen molar-refractivity contribution in [2.45, 2.75) is 6.92 Å². The molecule has 0 aliphatic rings. The lowest BCUT2D eigenvalue weighted by Crippen LogP contribution is -1.98. The molecular formula is C13H12ClNO2. The molecule has 17 heavy (non-hydrogen) atoms. The zero-order valence-corrected chi connectivity index (χ0v) is 10.1. The number of benzene rings is 1. The smallest absolute Gasteiger partial charge is 0.330 e. The van der Waals surface area contributed by atoms with Gasteiger partial charge in [-0.15, -0.1) is 0 Å². The average Bonchev–Trinajstić information content (AvgIpc) is 2.69. The van der Waals surface area contributed by atoms with Gasteiger partial charge in [0, 0.05) is 33.8 Å². The van der Waals surface area contributed by atoms with Gasteiger partial charge in [-0.2, -0.15) is 0 Å². The molecule has 1 aromatic heterocycles. The predicted octanol–water partition coefficient (Wildman–Crippen LogP) is 3.40. The summed E-state index contributed by atoms with van der Waals surface area (Å²) in [6.45, 7) is 2.15. The fourth-order valence-corrected chi connectivity index (χ4v) is 1.77. The number of rotatable bonds is 3. The molecule has 0 aliphatic heterocycles. The highest BCUT2D eigenvalue weighted by Gasteiger charge is 2.02. The number of carbonyl (C=O) groups is 1. The highest BCUT2D eigenvalue weighted by molar-refractivity contribution is 6.31. The fraction of sp³-hybridized carbons (Fsp3) is 0.154. The van der Waals surface area contributed by atoms with Gasteiger partial charge in [-0.05, 0) is 31.2 Å². The molecule has 1 N–H and O–H groups in total. The average molecular weight is 250 g/mol. The van der Waals surface area contributed by atoms with Gasteiger partial charge < -0.3 is 9.72 Å². The van der Waals surface area contributed by atoms with Gasteiger partial charge in [0.1, 0.15) is 0 Å². The van der Waals surface area contributed by atoms with E-state index in [2.05, 4.69) is 4.98 Å².